The van der Waals surface area contributed by atoms with Crippen LogP contribution >= 0.6 is 0 Å². The van der Waals surface area contributed by atoms with Crippen molar-refractivity contribution in [1.29, 1.82) is 0 Å². The summed E-state index contributed by atoms with van der Waals surface area (Å²) in [6, 6.07) is 11.3. The van der Waals surface area contributed by atoms with Gasteiger partial charge in [0.05, 0.1) is 13.0 Å². The van der Waals surface area contributed by atoms with Crippen LogP contribution in [-0.4, -0.2) is 25.5 Å². The SMILES string of the molecule is COc1ccc(N2CC(C(=O)Nc3cc(F)ccc3C)CC2=O)cc1. The first-order valence-electron chi connectivity index (χ1n) is 7.99. The van der Waals surface area contributed by atoms with Gasteiger partial charge in [0.25, 0.3) is 0 Å². The van der Waals surface area contributed by atoms with E-state index in [4.69, 9.17) is 4.74 Å². The van der Waals surface area contributed by atoms with Crippen molar-refractivity contribution < 1.29 is 18.7 Å². The third-order valence-corrected chi connectivity index (χ3v) is 4.34. The largest absolute Gasteiger partial charge is 0.497 e. The number of ether oxygens (including phenoxy) is 1. The van der Waals surface area contributed by atoms with Crippen LogP contribution in [0.5, 0.6) is 5.75 Å². The van der Waals surface area contributed by atoms with E-state index < -0.39 is 11.7 Å². The molecule has 1 unspecified atom stereocenters. The topological polar surface area (TPSA) is 58.6 Å². The summed E-state index contributed by atoms with van der Waals surface area (Å²) in [4.78, 5) is 26.3. The summed E-state index contributed by atoms with van der Waals surface area (Å²) in [5, 5.41) is 2.73. The number of amides is 2. The molecule has 2 amide bonds. The Morgan fingerprint density at radius 2 is 1.96 bits per heavy atom. The number of hydrogen-bond acceptors (Lipinski definition) is 3. The third-order valence-electron chi connectivity index (χ3n) is 4.34. The van der Waals surface area contributed by atoms with Gasteiger partial charge in [0.2, 0.25) is 11.8 Å². The minimum atomic E-state index is -0.475. The Bertz CT molecular complexity index is 805. The third kappa shape index (κ3) is 3.63. The molecule has 5 nitrogen and oxygen atoms in total. The molecule has 0 bridgehead atoms. The Kier molecular flexibility index (Phi) is 4.70. The zero-order chi connectivity index (χ0) is 18.0. The number of nitrogens with one attached hydrogen (secondary N) is 1. The number of benzene rings is 2. The molecule has 1 N–H and O–H groups in total. The number of anilines is 2. The second-order valence-corrected chi connectivity index (χ2v) is 6.05. The van der Waals surface area contributed by atoms with E-state index in [-0.39, 0.29) is 18.2 Å². The number of hydrogen-bond donors (Lipinski definition) is 1. The van der Waals surface area contributed by atoms with Gasteiger partial charge in [0, 0.05) is 24.3 Å². The maximum atomic E-state index is 13.4. The van der Waals surface area contributed by atoms with Gasteiger partial charge in [0.15, 0.2) is 0 Å². The molecule has 1 aliphatic heterocycles. The van der Waals surface area contributed by atoms with Crippen LogP contribution in [0.3, 0.4) is 0 Å². The summed E-state index contributed by atoms with van der Waals surface area (Å²) < 4.78 is 18.5. The molecule has 130 valence electrons. The summed E-state index contributed by atoms with van der Waals surface area (Å²) >= 11 is 0. The monoisotopic (exact) mass is 342 g/mol. The Balaban J connectivity index is 1.70. The molecule has 0 spiro atoms. The van der Waals surface area contributed by atoms with Crippen LogP contribution in [0.2, 0.25) is 0 Å². The first kappa shape index (κ1) is 17.0. The minimum Gasteiger partial charge on any atom is -0.497 e. The fourth-order valence-electron chi connectivity index (χ4n) is 2.86. The predicted octanol–water partition coefficient (Wildman–Crippen LogP) is 3.13. The van der Waals surface area contributed by atoms with E-state index in [1.54, 1.807) is 49.3 Å². The van der Waals surface area contributed by atoms with Gasteiger partial charge in [-0.1, -0.05) is 6.07 Å². The van der Waals surface area contributed by atoms with Gasteiger partial charge in [-0.15, -0.1) is 0 Å². The second kappa shape index (κ2) is 6.93. The Morgan fingerprint density at radius 3 is 2.64 bits per heavy atom. The van der Waals surface area contributed by atoms with Crippen LogP contribution in [-0.2, 0) is 9.59 Å². The number of carbonyl (C=O) groups is 2. The highest BCUT2D eigenvalue weighted by molar-refractivity contribution is 6.03. The van der Waals surface area contributed by atoms with E-state index in [0.717, 1.165) is 11.3 Å². The summed E-state index contributed by atoms with van der Waals surface area (Å²) in [6.45, 7) is 2.09. The van der Waals surface area contributed by atoms with E-state index in [0.29, 0.717) is 18.0 Å². The number of aryl methyl sites for hydroxylation is 1. The molecule has 2 aromatic carbocycles. The van der Waals surface area contributed by atoms with Gasteiger partial charge < -0.3 is 15.0 Å². The van der Waals surface area contributed by atoms with Gasteiger partial charge in [-0.05, 0) is 48.9 Å². The molecular formula is C19H19FN2O3. The van der Waals surface area contributed by atoms with Crippen LogP contribution in [0.1, 0.15) is 12.0 Å². The zero-order valence-corrected chi connectivity index (χ0v) is 14.1. The fourth-order valence-corrected chi connectivity index (χ4v) is 2.86. The summed E-state index contributed by atoms with van der Waals surface area (Å²) in [5.74, 6) is -0.578. The molecule has 2 aromatic rings. The number of rotatable bonds is 4. The highest BCUT2D eigenvalue weighted by Gasteiger charge is 2.35. The van der Waals surface area contributed by atoms with Crippen molar-refractivity contribution in [2.24, 2.45) is 5.92 Å². The fraction of sp³-hybridized carbons (Fsp3) is 0.263. The first-order chi connectivity index (χ1) is 12.0. The van der Waals surface area contributed by atoms with Gasteiger partial charge in [0.1, 0.15) is 11.6 Å². The van der Waals surface area contributed by atoms with Gasteiger partial charge in [-0.2, -0.15) is 0 Å². The molecule has 1 saturated heterocycles. The number of nitrogens with zero attached hydrogens (tertiary/aromatic N) is 1. The van der Waals surface area contributed by atoms with Crippen molar-refractivity contribution in [3.63, 3.8) is 0 Å². The Labute approximate surface area is 145 Å². The van der Waals surface area contributed by atoms with Gasteiger partial charge >= 0.3 is 0 Å². The van der Waals surface area contributed by atoms with E-state index in [1.807, 2.05) is 0 Å². The molecule has 0 aromatic heterocycles. The molecule has 0 aliphatic carbocycles. The zero-order valence-electron chi connectivity index (χ0n) is 14.1. The molecule has 1 fully saturated rings. The van der Waals surface area contributed by atoms with Crippen molar-refractivity contribution in [2.45, 2.75) is 13.3 Å². The molecule has 0 radical (unpaired) electrons. The predicted molar refractivity (Wildman–Crippen MR) is 93.2 cm³/mol. The lowest BCUT2D eigenvalue weighted by Gasteiger charge is -2.17. The van der Waals surface area contributed by atoms with E-state index in [2.05, 4.69) is 5.32 Å². The van der Waals surface area contributed by atoms with E-state index in [1.165, 1.54) is 12.1 Å². The van der Waals surface area contributed by atoms with E-state index >= 15 is 0 Å². The molecule has 0 saturated carbocycles. The Morgan fingerprint density at radius 1 is 1.24 bits per heavy atom. The first-order valence-corrected chi connectivity index (χ1v) is 7.99. The smallest absolute Gasteiger partial charge is 0.229 e. The van der Waals surface area contributed by atoms with Crippen molar-refractivity contribution in [3.8, 4) is 5.75 Å². The van der Waals surface area contributed by atoms with Crippen LogP contribution in [0.4, 0.5) is 15.8 Å². The molecule has 3 rings (SSSR count). The number of methoxy groups -OCH3 is 1. The molecular weight excluding hydrogens is 323 g/mol. The number of halogens is 1. The highest BCUT2D eigenvalue weighted by Crippen LogP contribution is 2.28. The normalized spacial score (nSPS) is 16.8. The van der Waals surface area contributed by atoms with Crippen molar-refractivity contribution in [3.05, 3.63) is 53.8 Å². The minimum absolute atomic E-state index is 0.110. The summed E-state index contributed by atoms with van der Waals surface area (Å²) in [7, 11) is 1.57. The summed E-state index contributed by atoms with van der Waals surface area (Å²) in [5.41, 5.74) is 1.93. The molecule has 1 atom stereocenters. The summed E-state index contributed by atoms with van der Waals surface area (Å²) in [6.07, 6.45) is 0.131. The van der Waals surface area contributed by atoms with Crippen molar-refractivity contribution in [1.82, 2.24) is 0 Å². The van der Waals surface area contributed by atoms with Crippen LogP contribution in [0.25, 0.3) is 0 Å². The second-order valence-electron chi connectivity index (χ2n) is 6.05. The van der Waals surface area contributed by atoms with Gasteiger partial charge in [-0.3, -0.25) is 9.59 Å². The lowest BCUT2D eigenvalue weighted by atomic mass is 10.1. The van der Waals surface area contributed by atoms with Crippen molar-refractivity contribution >= 4 is 23.2 Å². The maximum Gasteiger partial charge on any atom is 0.229 e. The Hall–Kier alpha value is -2.89. The van der Waals surface area contributed by atoms with Crippen LogP contribution in [0.15, 0.2) is 42.5 Å². The average molecular weight is 342 g/mol. The van der Waals surface area contributed by atoms with Gasteiger partial charge in [-0.25, -0.2) is 4.39 Å². The maximum absolute atomic E-state index is 13.4. The quantitative estimate of drug-likeness (QED) is 0.929. The standard InChI is InChI=1S/C19H19FN2O3/c1-12-3-4-14(20)10-17(12)21-19(24)13-9-18(23)22(11-13)15-5-7-16(25-2)8-6-15/h3-8,10,13H,9,11H2,1-2H3,(H,21,24). The van der Waals surface area contributed by atoms with E-state index in [9.17, 15) is 14.0 Å². The van der Waals surface area contributed by atoms with Crippen LogP contribution in [0, 0.1) is 18.7 Å². The number of carbonyl (C=O) groups excluding carboxylic acids is 2. The lowest BCUT2D eigenvalue weighted by Crippen LogP contribution is -2.28. The molecule has 25 heavy (non-hydrogen) atoms. The average Bonchev–Trinajstić information content (AvgIpc) is 3.00. The molecule has 1 heterocycles. The van der Waals surface area contributed by atoms with Crippen LogP contribution < -0.4 is 15.0 Å². The molecule has 6 heteroatoms. The molecule has 1 aliphatic rings. The van der Waals surface area contributed by atoms with Crippen molar-refractivity contribution in [2.75, 3.05) is 23.9 Å². The highest BCUT2D eigenvalue weighted by atomic mass is 19.1. The lowest BCUT2D eigenvalue weighted by molar-refractivity contribution is -0.122.